The first kappa shape index (κ1) is 5.61. The summed E-state index contributed by atoms with van der Waals surface area (Å²) in [5, 5.41) is 11.3. The molecule has 50 valence electrons. The van der Waals surface area contributed by atoms with Crippen molar-refractivity contribution in [2.75, 3.05) is 0 Å². The minimum Gasteiger partial charge on any atom is -0.182 e. The lowest BCUT2D eigenvalue weighted by atomic mass is 10.5. The Morgan fingerprint density at radius 2 is 2.30 bits per heavy atom. The van der Waals surface area contributed by atoms with E-state index in [9.17, 15) is 0 Å². The van der Waals surface area contributed by atoms with Crippen LogP contribution < -0.4 is 0 Å². The van der Waals surface area contributed by atoms with Gasteiger partial charge in [-0.15, -0.1) is 5.10 Å². The summed E-state index contributed by atoms with van der Waals surface area (Å²) < 4.78 is 1.46. The van der Waals surface area contributed by atoms with Crippen molar-refractivity contribution in [3.8, 4) is 0 Å². The Bertz CT molecular complexity index is 355. The maximum atomic E-state index is 5.72. The quantitative estimate of drug-likeness (QED) is 0.527. The molecule has 2 aromatic rings. The molecule has 2 rings (SSSR count). The minimum absolute atomic E-state index is 0.516. The van der Waals surface area contributed by atoms with Gasteiger partial charge in [-0.25, -0.2) is 0 Å². The molecule has 4 nitrogen and oxygen atoms in total. The summed E-state index contributed by atoms with van der Waals surface area (Å²) in [6, 6.07) is 5.31. The average Bonchev–Trinajstić information content (AvgIpc) is 2.36. The van der Waals surface area contributed by atoms with Crippen LogP contribution in [0.1, 0.15) is 0 Å². The van der Waals surface area contributed by atoms with Crippen molar-refractivity contribution < 1.29 is 0 Å². The van der Waals surface area contributed by atoms with E-state index in [1.165, 1.54) is 4.52 Å². The molecule has 0 N–H and O–H groups in total. The number of aromatic nitrogens is 4. The van der Waals surface area contributed by atoms with Gasteiger partial charge in [0, 0.05) is 0 Å². The van der Waals surface area contributed by atoms with Crippen LogP contribution in [0.4, 0.5) is 0 Å². The Labute approximate surface area is 61.4 Å². The summed E-state index contributed by atoms with van der Waals surface area (Å²) in [5.41, 5.74) is 0.660. The molecule has 2 aromatic heterocycles. The molecule has 0 saturated carbocycles. The molecule has 0 aromatic carbocycles. The van der Waals surface area contributed by atoms with Crippen LogP contribution in [-0.4, -0.2) is 20.0 Å². The Morgan fingerprint density at radius 1 is 1.40 bits per heavy atom. The van der Waals surface area contributed by atoms with Crippen LogP contribution in [0.2, 0.25) is 5.15 Å². The van der Waals surface area contributed by atoms with Crippen LogP contribution in [0.25, 0.3) is 5.65 Å². The molecule has 2 heterocycles. The van der Waals surface area contributed by atoms with E-state index in [4.69, 9.17) is 11.6 Å². The molecular weight excluding hydrogens is 152 g/mol. The summed E-state index contributed by atoms with van der Waals surface area (Å²) in [6.45, 7) is 0. The highest BCUT2D eigenvalue weighted by Crippen LogP contribution is 2.07. The highest BCUT2D eigenvalue weighted by atomic mass is 35.5. The van der Waals surface area contributed by atoms with Gasteiger partial charge in [0.2, 0.25) is 0 Å². The van der Waals surface area contributed by atoms with Crippen molar-refractivity contribution in [2.45, 2.75) is 0 Å². The molecule has 0 aliphatic carbocycles. The first-order valence-electron chi connectivity index (χ1n) is 2.70. The van der Waals surface area contributed by atoms with Crippen LogP contribution in [0.5, 0.6) is 0 Å². The second-order valence-electron chi connectivity index (χ2n) is 1.80. The molecule has 0 aliphatic rings. The van der Waals surface area contributed by atoms with E-state index >= 15 is 0 Å². The van der Waals surface area contributed by atoms with E-state index in [2.05, 4.69) is 15.5 Å². The van der Waals surface area contributed by atoms with Crippen molar-refractivity contribution in [1.29, 1.82) is 0 Å². The smallest absolute Gasteiger partial charge is 0.180 e. The van der Waals surface area contributed by atoms with Crippen molar-refractivity contribution in [3.05, 3.63) is 23.4 Å². The molecule has 0 atom stereocenters. The topological polar surface area (TPSA) is 43.1 Å². The van der Waals surface area contributed by atoms with Gasteiger partial charge in [0.25, 0.3) is 0 Å². The second kappa shape index (κ2) is 1.91. The highest BCUT2D eigenvalue weighted by molar-refractivity contribution is 6.29. The normalized spacial score (nSPS) is 10.5. The van der Waals surface area contributed by atoms with Crippen LogP contribution in [0.15, 0.2) is 18.2 Å². The average molecular weight is 155 g/mol. The summed E-state index contributed by atoms with van der Waals surface area (Å²) in [4.78, 5) is 0. The zero-order valence-electron chi connectivity index (χ0n) is 4.90. The van der Waals surface area contributed by atoms with E-state index in [1.807, 2.05) is 0 Å². The van der Waals surface area contributed by atoms with Gasteiger partial charge >= 0.3 is 0 Å². The Kier molecular flexibility index (Phi) is 1.07. The van der Waals surface area contributed by atoms with Gasteiger partial charge in [0.15, 0.2) is 5.65 Å². The fourth-order valence-electron chi connectivity index (χ4n) is 0.734. The molecule has 0 unspecified atom stereocenters. The maximum absolute atomic E-state index is 5.72. The molecule has 5 heteroatoms. The monoisotopic (exact) mass is 154 g/mol. The molecule has 0 amide bonds. The Hall–Kier alpha value is -1.16. The third kappa shape index (κ3) is 0.657. The van der Waals surface area contributed by atoms with Gasteiger partial charge in [-0.05, 0) is 22.6 Å². The van der Waals surface area contributed by atoms with Gasteiger partial charge in [0.05, 0.1) is 0 Å². The van der Waals surface area contributed by atoms with E-state index in [0.29, 0.717) is 10.8 Å². The van der Waals surface area contributed by atoms with E-state index in [0.717, 1.165) is 0 Å². The largest absolute Gasteiger partial charge is 0.182 e. The van der Waals surface area contributed by atoms with Crippen molar-refractivity contribution in [3.63, 3.8) is 0 Å². The van der Waals surface area contributed by atoms with E-state index in [-0.39, 0.29) is 0 Å². The zero-order valence-corrected chi connectivity index (χ0v) is 5.65. The number of pyridine rings is 1. The van der Waals surface area contributed by atoms with Crippen molar-refractivity contribution in [1.82, 2.24) is 20.0 Å². The lowest BCUT2D eigenvalue weighted by molar-refractivity contribution is 0.824. The number of rotatable bonds is 0. The molecular formula is C5H3ClN4. The van der Waals surface area contributed by atoms with E-state index < -0.39 is 0 Å². The van der Waals surface area contributed by atoms with Gasteiger partial charge < -0.3 is 0 Å². The van der Waals surface area contributed by atoms with Crippen LogP contribution in [-0.2, 0) is 0 Å². The molecule has 0 bridgehead atoms. The Morgan fingerprint density at radius 3 is 3.10 bits per heavy atom. The number of fused-ring (bicyclic) bond motifs is 1. The molecule has 0 spiro atoms. The lowest BCUT2D eigenvalue weighted by Crippen LogP contribution is -1.87. The number of tetrazole rings is 1. The third-order valence-corrected chi connectivity index (χ3v) is 1.46. The second-order valence-corrected chi connectivity index (χ2v) is 2.18. The highest BCUT2D eigenvalue weighted by Gasteiger charge is 1.97. The van der Waals surface area contributed by atoms with Crippen LogP contribution in [0.3, 0.4) is 0 Å². The lowest BCUT2D eigenvalue weighted by Gasteiger charge is -1.89. The summed E-state index contributed by atoms with van der Waals surface area (Å²) in [5.74, 6) is 0. The fourth-order valence-corrected chi connectivity index (χ4v) is 0.927. The summed E-state index contributed by atoms with van der Waals surface area (Å²) in [7, 11) is 0. The predicted molar refractivity (Wildman–Crippen MR) is 35.8 cm³/mol. The minimum atomic E-state index is 0.516. The van der Waals surface area contributed by atoms with Crippen molar-refractivity contribution >= 4 is 17.2 Å². The van der Waals surface area contributed by atoms with Crippen molar-refractivity contribution in [2.24, 2.45) is 0 Å². The molecule has 0 aliphatic heterocycles. The Balaban J connectivity index is 2.95. The third-order valence-electron chi connectivity index (χ3n) is 1.18. The standard InChI is InChI=1S/C5H3ClN4/c6-4-2-1-3-5-7-8-9-10(4)5/h1-3H. The number of hydrogen-bond donors (Lipinski definition) is 0. The van der Waals surface area contributed by atoms with Gasteiger partial charge in [-0.1, -0.05) is 17.7 Å². The number of hydrogen-bond acceptors (Lipinski definition) is 3. The maximum Gasteiger partial charge on any atom is 0.180 e. The van der Waals surface area contributed by atoms with E-state index in [1.54, 1.807) is 18.2 Å². The predicted octanol–water partition coefficient (Wildman–Crippen LogP) is 0.778. The SMILES string of the molecule is Clc1cccc2nnnn12. The molecule has 10 heavy (non-hydrogen) atoms. The fraction of sp³-hybridized carbons (Fsp3) is 0. The molecule has 0 saturated heterocycles. The van der Waals surface area contributed by atoms with Gasteiger partial charge in [-0.2, -0.15) is 4.52 Å². The van der Waals surface area contributed by atoms with Gasteiger partial charge in [0.1, 0.15) is 5.15 Å². The van der Waals surface area contributed by atoms with Gasteiger partial charge in [-0.3, -0.25) is 0 Å². The summed E-state index contributed by atoms with van der Waals surface area (Å²) in [6.07, 6.45) is 0. The molecule has 0 radical (unpaired) electrons. The number of nitrogens with zero attached hydrogens (tertiary/aromatic N) is 4. The molecule has 0 fully saturated rings. The zero-order chi connectivity index (χ0) is 6.97. The first-order chi connectivity index (χ1) is 4.88. The van der Waals surface area contributed by atoms with Crippen LogP contribution in [0, 0.1) is 0 Å². The first-order valence-corrected chi connectivity index (χ1v) is 3.08. The number of halogens is 1. The van der Waals surface area contributed by atoms with Crippen LogP contribution >= 0.6 is 11.6 Å². The summed E-state index contributed by atoms with van der Waals surface area (Å²) >= 11 is 5.72.